The fraction of sp³-hybridized carbons (Fsp3) is 0.188. The molecule has 0 aliphatic rings. The molecule has 0 atom stereocenters. The van der Waals surface area contributed by atoms with Gasteiger partial charge < -0.3 is 0 Å². The third-order valence-corrected chi connectivity index (χ3v) is 7.06. The average Bonchev–Trinajstić information content (AvgIpc) is 2.39. The van der Waals surface area contributed by atoms with Crippen molar-refractivity contribution in [1.82, 2.24) is 0 Å². The third-order valence-electron chi connectivity index (χ3n) is 3.51. The van der Waals surface area contributed by atoms with E-state index in [1.54, 1.807) is 0 Å². The molecule has 0 N–H and O–H groups in total. The molecule has 2 heteroatoms. The van der Waals surface area contributed by atoms with Crippen LogP contribution in [0, 0.1) is 18.3 Å². The Morgan fingerprint density at radius 2 is 1.28 bits per heavy atom. The highest BCUT2D eigenvalue weighted by Gasteiger charge is 2.25. The number of benzene rings is 2. The second-order valence-corrected chi connectivity index (χ2v) is 9.58. The predicted octanol–water partition coefficient (Wildman–Crippen LogP) is 2.69. The largest absolute Gasteiger partial charge is 0.192 e. The molecule has 0 saturated heterocycles. The van der Waals surface area contributed by atoms with Crippen LogP contribution in [0.2, 0.25) is 13.1 Å². The van der Waals surface area contributed by atoms with Crippen molar-refractivity contribution in [2.45, 2.75) is 20.0 Å². The molecule has 0 bridgehead atoms. The fourth-order valence-corrected chi connectivity index (χ4v) is 4.43. The molecule has 2 aromatic rings. The first-order valence-corrected chi connectivity index (χ1v) is 9.12. The van der Waals surface area contributed by atoms with Crippen LogP contribution >= 0.6 is 0 Å². The van der Waals surface area contributed by atoms with Crippen LogP contribution in [0.3, 0.4) is 0 Å². The lowest BCUT2D eigenvalue weighted by molar-refractivity contribution is 1.48. The molecule has 0 aliphatic carbocycles. The van der Waals surface area contributed by atoms with E-state index in [-0.39, 0.29) is 0 Å². The topological polar surface area (TPSA) is 23.8 Å². The van der Waals surface area contributed by atoms with Gasteiger partial charge in [-0.2, -0.15) is 5.26 Å². The van der Waals surface area contributed by atoms with Crippen LogP contribution in [-0.2, 0) is 0 Å². The lowest BCUT2D eigenvalue weighted by atomic mass is 10.2. The van der Waals surface area contributed by atoms with Crippen molar-refractivity contribution in [3.63, 3.8) is 0 Å². The molecule has 0 aromatic heterocycles. The monoisotopic (exact) mass is 251 g/mol. The van der Waals surface area contributed by atoms with Crippen LogP contribution in [0.4, 0.5) is 0 Å². The summed E-state index contributed by atoms with van der Waals surface area (Å²) in [4.78, 5) is 0. The van der Waals surface area contributed by atoms with Gasteiger partial charge in [0.05, 0.1) is 11.6 Å². The van der Waals surface area contributed by atoms with Gasteiger partial charge in [0.2, 0.25) is 0 Å². The van der Waals surface area contributed by atoms with Crippen molar-refractivity contribution in [2.75, 3.05) is 0 Å². The second kappa shape index (κ2) is 4.79. The van der Waals surface area contributed by atoms with Crippen LogP contribution in [0.1, 0.15) is 11.1 Å². The zero-order chi connectivity index (χ0) is 13.2. The number of nitrogens with zero attached hydrogens (tertiary/aromatic N) is 1. The standard InChI is InChI=1S/C16H17NSi/c1-13-4-8-15(9-5-13)18(2,3)16-10-6-14(12-17)7-11-16/h4-11H,1-3H3. The second-order valence-electron chi connectivity index (χ2n) is 5.18. The maximum absolute atomic E-state index is 8.84. The van der Waals surface area contributed by atoms with Gasteiger partial charge in [0, 0.05) is 0 Å². The van der Waals surface area contributed by atoms with E-state index in [2.05, 4.69) is 62.5 Å². The van der Waals surface area contributed by atoms with Crippen molar-refractivity contribution in [1.29, 1.82) is 5.26 Å². The molecule has 0 amide bonds. The highest BCUT2D eigenvalue weighted by molar-refractivity contribution is 7.00. The summed E-state index contributed by atoms with van der Waals surface area (Å²) < 4.78 is 0. The summed E-state index contributed by atoms with van der Waals surface area (Å²) in [6.45, 7) is 6.80. The van der Waals surface area contributed by atoms with E-state index in [1.807, 2.05) is 12.1 Å². The minimum Gasteiger partial charge on any atom is -0.192 e. The highest BCUT2D eigenvalue weighted by atomic mass is 28.3. The highest BCUT2D eigenvalue weighted by Crippen LogP contribution is 2.07. The SMILES string of the molecule is Cc1ccc([Si](C)(C)c2ccc(C#N)cc2)cc1. The van der Waals surface area contributed by atoms with Gasteiger partial charge in [0.15, 0.2) is 0 Å². The minimum absolute atomic E-state index is 0.729. The molecule has 0 aliphatic heterocycles. The lowest BCUT2D eigenvalue weighted by Gasteiger charge is -2.23. The molecule has 0 radical (unpaired) electrons. The van der Waals surface area contributed by atoms with Gasteiger partial charge in [-0.25, -0.2) is 0 Å². The summed E-state index contributed by atoms with van der Waals surface area (Å²) in [7, 11) is -1.62. The summed E-state index contributed by atoms with van der Waals surface area (Å²) in [5, 5.41) is 11.6. The van der Waals surface area contributed by atoms with E-state index in [0.29, 0.717) is 0 Å². The third kappa shape index (κ3) is 2.37. The van der Waals surface area contributed by atoms with Gasteiger partial charge in [0.25, 0.3) is 0 Å². The van der Waals surface area contributed by atoms with Crippen molar-refractivity contribution in [3.8, 4) is 6.07 Å². The van der Waals surface area contributed by atoms with Crippen molar-refractivity contribution in [3.05, 3.63) is 59.7 Å². The van der Waals surface area contributed by atoms with E-state index < -0.39 is 8.07 Å². The molecule has 2 aromatic carbocycles. The zero-order valence-corrected chi connectivity index (χ0v) is 12.1. The van der Waals surface area contributed by atoms with Gasteiger partial charge in [-0.3, -0.25) is 0 Å². The van der Waals surface area contributed by atoms with Gasteiger partial charge >= 0.3 is 0 Å². The van der Waals surface area contributed by atoms with Gasteiger partial charge in [-0.1, -0.05) is 65.4 Å². The number of aryl methyl sites for hydroxylation is 1. The summed E-state index contributed by atoms with van der Waals surface area (Å²) in [5.74, 6) is 0. The van der Waals surface area contributed by atoms with E-state index in [0.717, 1.165) is 5.56 Å². The van der Waals surface area contributed by atoms with Gasteiger partial charge in [0.1, 0.15) is 8.07 Å². The summed E-state index contributed by atoms with van der Waals surface area (Å²) in [6.07, 6.45) is 0. The Balaban J connectivity index is 2.40. The van der Waals surface area contributed by atoms with E-state index in [4.69, 9.17) is 5.26 Å². The fourth-order valence-electron chi connectivity index (χ4n) is 2.10. The maximum Gasteiger partial charge on any atom is 0.112 e. The summed E-state index contributed by atoms with van der Waals surface area (Å²) in [5.41, 5.74) is 2.02. The molecule has 2 rings (SSSR count). The Bertz CT molecular complexity index is 574. The molecule has 18 heavy (non-hydrogen) atoms. The molecule has 90 valence electrons. The maximum atomic E-state index is 8.84. The number of hydrogen-bond acceptors (Lipinski definition) is 1. The quantitative estimate of drug-likeness (QED) is 0.753. The minimum atomic E-state index is -1.62. The molecule has 0 unspecified atom stereocenters. The van der Waals surface area contributed by atoms with Crippen LogP contribution in [0.25, 0.3) is 0 Å². The zero-order valence-electron chi connectivity index (χ0n) is 11.1. The smallest absolute Gasteiger partial charge is 0.112 e. The average molecular weight is 251 g/mol. The van der Waals surface area contributed by atoms with E-state index in [1.165, 1.54) is 15.9 Å². The predicted molar refractivity (Wildman–Crippen MR) is 79.1 cm³/mol. The Hall–Kier alpha value is -1.85. The molecule has 0 spiro atoms. The Morgan fingerprint density at radius 3 is 1.72 bits per heavy atom. The molecule has 1 nitrogen and oxygen atoms in total. The molecule has 0 saturated carbocycles. The first kappa shape index (κ1) is 12.6. The van der Waals surface area contributed by atoms with Crippen molar-refractivity contribution >= 4 is 18.4 Å². The number of hydrogen-bond donors (Lipinski definition) is 0. The first-order chi connectivity index (χ1) is 8.54. The lowest BCUT2D eigenvalue weighted by Crippen LogP contribution is -2.52. The molecule has 0 heterocycles. The van der Waals surface area contributed by atoms with E-state index >= 15 is 0 Å². The molecular formula is C16H17NSi. The van der Waals surface area contributed by atoms with Gasteiger partial charge in [-0.15, -0.1) is 0 Å². The molecular weight excluding hydrogens is 234 g/mol. The summed E-state index contributed by atoms with van der Waals surface area (Å²) in [6, 6.07) is 19.0. The number of rotatable bonds is 2. The van der Waals surface area contributed by atoms with Crippen LogP contribution in [-0.4, -0.2) is 8.07 Å². The van der Waals surface area contributed by atoms with Crippen LogP contribution in [0.15, 0.2) is 48.5 Å². The molecule has 0 fully saturated rings. The van der Waals surface area contributed by atoms with Crippen molar-refractivity contribution in [2.24, 2.45) is 0 Å². The van der Waals surface area contributed by atoms with E-state index in [9.17, 15) is 0 Å². The summed E-state index contributed by atoms with van der Waals surface area (Å²) >= 11 is 0. The number of nitriles is 1. The van der Waals surface area contributed by atoms with Crippen LogP contribution in [0.5, 0.6) is 0 Å². The Morgan fingerprint density at radius 1 is 0.833 bits per heavy atom. The normalized spacial score (nSPS) is 11.0. The Kier molecular flexibility index (Phi) is 3.36. The van der Waals surface area contributed by atoms with Gasteiger partial charge in [-0.05, 0) is 19.1 Å². The van der Waals surface area contributed by atoms with Crippen molar-refractivity contribution < 1.29 is 0 Å². The first-order valence-electron chi connectivity index (χ1n) is 6.12. The Labute approximate surface area is 110 Å². The van der Waals surface area contributed by atoms with Crippen LogP contribution < -0.4 is 10.4 Å².